The Morgan fingerprint density at radius 1 is 1.38 bits per heavy atom. The zero-order valence-corrected chi connectivity index (χ0v) is 9.70. The van der Waals surface area contributed by atoms with E-state index in [1.165, 1.54) is 11.1 Å². The molecule has 1 fully saturated rings. The van der Waals surface area contributed by atoms with Crippen LogP contribution in [0.25, 0.3) is 0 Å². The number of fused-ring (bicyclic) bond motifs is 1. The van der Waals surface area contributed by atoms with Crippen molar-refractivity contribution in [2.75, 3.05) is 11.4 Å². The van der Waals surface area contributed by atoms with Crippen LogP contribution in [0.4, 0.5) is 5.69 Å². The summed E-state index contributed by atoms with van der Waals surface area (Å²) in [6.45, 7) is 3.02. The first-order valence-corrected chi connectivity index (χ1v) is 6.16. The summed E-state index contributed by atoms with van der Waals surface area (Å²) < 4.78 is 0. The number of anilines is 1. The second-order valence-electron chi connectivity index (χ2n) is 5.00. The molecule has 1 aliphatic carbocycles. The van der Waals surface area contributed by atoms with Crippen LogP contribution in [-0.4, -0.2) is 12.5 Å². The predicted octanol–water partition coefficient (Wildman–Crippen LogP) is 2.68. The number of aryl methyl sites for hydroxylation is 2. The number of hydrogen-bond donors (Lipinski definition) is 0. The largest absolute Gasteiger partial charge is 0.312 e. The Labute approximate surface area is 96.3 Å². The van der Waals surface area contributed by atoms with Gasteiger partial charge in [-0.1, -0.05) is 17.7 Å². The summed E-state index contributed by atoms with van der Waals surface area (Å²) in [5, 5.41) is 0. The maximum atomic E-state index is 12.1. The van der Waals surface area contributed by atoms with Gasteiger partial charge in [0.25, 0.3) is 0 Å². The molecule has 1 heterocycles. The zero-order chi connectivity index (χ0) is 11.1. The first kappa shape index (κ1) is 9.88. The van der Waals surface area contributed by atoms with Gasteiger partial charge in [-0.25, -0.2) is 0 Å². The van der Waals surface area contributed by atoms with E-state index >= 15 is 0 Å². The minimum absolute atomic E-state index is 0.326. The van der Waals surface area contributed by atoms with Gasteiger partial charge in [-0.05, 0) is 44.2 Å². The van der Waals surface area contributed by atoms with Crippen molar-refractivity contribution in [1.82, 2.24) is 0 Å². The fourth-order valence-corrected chi connectivity index (χ4v) is 2.51. The standard InChI is InChI=1S/C14H17NO/c1-10-4-7-13-12(9-10)3-2-8-15(13)14(16)11-5-6-11/h4,7,9,11H,2-3,5-6,8H2,1H3. The highest BCUT2D eigenvalue weighted by atomic mass is 16.2. The Morgan fingerprint density at radius 2 is 2.19 bits per heavy atom. The number of benzene rings is 1. The molecule has 2 nitrogen and oxygen atoms in total. The smallest absolute Gasteiger partial charge is 0.230 e. The van der Waals surface area contributed by atoms with Crippen molar-refractivity contribution in [3.05, 3.63) is 29.3 Å². The number of amides is 1. The summed E-state index contributed by atoms with van der Waals surface area (Å²) in [7, 11) is 0. The van der Waals surface area contributed by atoms with Crippen LogP contribution in [0.2, 0.25) is 0 Å². The predicted molar refractivity (Wildman–Crippen MR) is 64.6 cm³/mol. The quantitative estimate of drug-likeness (QED) is 0.705. The summed E-state index contributed by atoms with van der Waals surface area (Å²) in [5.41, 5.74) is 3.80. The second-order valence-corrected chi connectivity index (χ2v) is 5.00. The van der Waals surface area contributed by atoms with Crippen molar-refractivity contribution in [3.8, 4) is 0 Å². The number of carbonyl (C=O) groups excluding carboxylic acids is 1. The number of hydrogen-bond acceptors (Lipinski definition) is 1. The molecule has 3 rings (SSSR count). The van der Waals surface area contributed by atoms with Crippen LogP contribution in [0.5, 0.6) is 0 Å². The third-order valence-corrected chi connectivity index (χ3v) is 3.55. The van der Waals surface area contributed by atoms with E-state index in [4.69, 9.17) is 0 Å². The van der Waals surface area contributed by atoms with E-state index in [1.807, 2.05) is 4.90 Å². The molecular formula is C14H17NO. The van der Waals surface area contributed by atoms with Gasteiger partial charge in [0.1, 0.15) is 0 Å². The molecule has 1 aliphatic heterocycles. The van der Waals surface area contributed by atoms with E-state index in [0.717, 1.165) is 37.9 Å². The zero-order valence-electron chi connectivity index (χ0n) is 9.70. The maximum absolute atomic E-state index is 12.1. The Balaban J connectivity index is 1.95. The van der Waals surface area contributed by atoms with Crippen LogP contribution in [0, 0.1) is 12.8 Å². The Kier molecular flexibility index (Phi) is 2.23. The molecule has 1 aromatic rings. The molecule has 0 radical (unpaired) electrons. The molecule has 0 spiro atoms. The van der Waals surface area contributed by atoms with E-state index < -0.39 is 0 Å². The van der Waals surface area contributed by atoms with E-state index in [2.05, 4.69) is 25.1 Å². The lowest BCUT2D eigenvalue weighted by Crippen LogP contribution is -2.36. The van der Waals surface area contributed by atoms with Crippen LogP contribution in [0.1, 0.15) is 30.4 Å². The van der Waals surface area contributed by atoms with Gasteiger partial charge in [-0.3, -0.25) is 4.79 Å². The molecule has 2 aliphatic rings. The number of carbonyl (C=O) groups is 1. The van der Waals surface area contributed by atoms with Gasteiger partial charge in [-0.2, -0.15) is 0 Å². The fourth-order valence-electron chi connectivity index (χ4n) is 2.51. The van der Waals surface area contributed by atoms with Gasteiger partial charge < -0.3 is 4.90 Å². The maximum Gasteiger partial charge on any atom is 0.230 e. The molecule has 0 saturated heterocycles. The Hall–Kier alpha value is -1.31. The van der Waals surface area contributed by atoms with E-state index in [9.17, 15) is 4.79 Å². The molecule has 0 aromatic heterocycles. The van der Waals surface area contributed by atoms with E-state index in [1.54, 1.807) is 0 Å². The molecule has 2 heteroatoms. The van der Waals surface area contributed by atoms with Gasteiger partial charge >= 0.3 is 0 Å². The van der Waals surface area contributed by atoms with Crippen LogP contribution in [-0.2, 0) is 11.2 Å². The Morgan fingerprint density at radius 3 is 2.94 bits per heavy atom. The second kappa shape index (κ2) is 3.62. The van der Waals surface area contributed by atoms with Crippen molar-refractivity contribution in [3.63, 3.8) is 0 Å². The summed E-state index contributed by atoms with van der Waals surface area (Å²) in [6, 6.07) is 6.45. The average Bonchev–Trinajstić information content (AvgIpc) is 3.10. The van der Waals surface area contributed by atoms with Crippen molar-refractivity contribution in [2.45, 2.75) is 32.6 Å². The normalized spacial score (nSPS) is 19.4. The fraction of sp³-hybridized carbons (Fsp3) is 0.500. The first-order chi connectivity index (χ1) is 7.75. The minimum Gasteiger partial charge on any atom is -0.312 e. The van der Waals surface area contributed by atoms with Gasteiger partial charge in [0, 0.05) is 18.2 Å². The molecule has 0 N–H and O–H groups in total. The van der Waals surface area contributed by atoms with Crippen LogP contribution < -0.4 is 4.90 Å². The van der Waals surface area contributed by atoms with Crippen molar-refractivity contribution < 1.29 is 4.79 Å². The molecule has 0 atom stereocenters. The lowest BCUT2D eigenvalue weighted by molar-refractivity contribution is -0.119. The molecular weight excluding hydrogens is 198 g/mol. The van der Waals surface area contributed by atoms with Crippen LogP contribution in [0.15, 0.2) is 18.2 Å². The van der Waals surface area contributed by atoms with Gasteiger partial charge in [0.05, 0.1) is 0 Å². The summed E-state index contributed by atoms with van der Waals surface area (Å²) in [4.78, 5) is 14.1. The van der Waals surface area contributed by atoms with Gasteiger partial charge in [0.2, 0.25) is 5.91 Å². The topological polar surface area (TPSA) is 20.3 Å². The molecule has 0 unspecified atom stereocenters. The highest BCUT2D eigenvalue weighted by Crippen LogP contribution is 2.35. The van der Waals surface area contributed by atoms with E-state index in [0.29, 0.717) is 11.8 Å². The van der Waals surface area contributed by atoms with Crippen molar-refractivity contribution in [1.29, 1.82) is 0 Å². The third kappa shape index (κ3) is 1.62. The monoisotopic (exact) mass is 215 g/mol. The molecule has 1 aromatic carbocycles. The van der Waals surface area contributed by atoms with Gasteiger partial charge in [0.15, 0.2) is 0 Å². The summed E-state index contributed by atoms with van der Waals surface area (Å²) in [5.74, 6) is 0.678. The van der Waals surface area contributed by atoms with Crippen LogP contribution in [0.3, 0.4) is 0 Å². The van der Waals surface area contributed by atoms with Crippen molar-refractivity contribution in [2.24, 2.45) is 5.92 Å². The summed E-state index contributed by atoms with van der Waals surface area (Å²) >= 11 is 0. The minimum atomic E-state index is 0.326. The molecule has 0 bridgehead atoms. The van der Waals surface area contributed by atoms with Gasteiger partial charge in [-0.15, -0.1) is 0 Å². The molecule has 1 saturated carbocycles. The third-order valence-electron chi connectivity index (χ3n) is 3.55. The Bertz CT molecular complexity index is 434. The molecule has 84 valence electrons. The number of rotatable bonds is 1. The highest BCUT2D eigenvalue weighted by molar-refractivity contribution is 5.97. The molecule has 16 heavy (non-hydrogen) atoms. The highest BCUT2D eigenvalue weighted by Gasteiger charge is 2.35. The van der Waals surface area contributed by atoms with Crippen LogP contribution >= 0.6 is 0 Å². The average molecular weight is 215 g/mol. The lowest BCUT2D eigenvalue weighted by atomic mass is 9.99. The first-order valence-electron chi connectivity index (χ1n) is 6.16. The molecule has 1 amide bonds. The van der Waals surface area contributed by atoms with Crippen molar-refractivity contribution >= 4 is 11.6 Å². The lowest BCUT2D eigenvalue weighted by Gasteiger charge is -2.30. The number of nitrogens with zero attached hydrogens (tertiary/aromatic N) is 1. The van der Waals surface area contributed by atoms with E-state index in [-0.39, 0.29) is 0 Å². The summed E-state index contributed by atoms with van der Waals surface area (Å²) in [6.07, 6.45) is 4.41. The SMILES string of the molecule is Cc1ccc2c(c1)CCCN2C(=O)C1CC1.